The minimum absolute atomic E-state index is 0.0111. The van der Waals surface area contributed by atoms with Crippen LogP contribution in [-0.2, 0) is 0 Å². The number of carbonyl (C=O) groups is 1. The molecule has 1 aliphatic rings. The average molecular weight is 399 g/mol. The zero-order valence-electron chi connectivity index (χ0n) is 16.4. The standard InChI is InChI=1S/C21H26N4O2S/c1-24-8-10-25(11-9-24)7-3-6-22-20(26)19-14-16-12-15-13-17(27-2)4-5-18(15)23-21(16)28-19/h4-5,12-14H,3,6-11H2,1-2H3,(H,22,26). The van der Waals surface area contributed by atoms with Gasteiger partial charge in [-0.05, 0) is 50.3 Å². The van der Waals surface area contributed by atoms with Crippen LogP contribution in [0.3, 0.4) is 0 Å². The van der Waals surface area contributed by atoms with Crippen LogP contribution in [0.4, 0.5) is 0 Å². The maximum absolute atomic E-state index is 12.5. The number of hydrogen-bond donors (Lipinski definition) is 1. The van der Waals surface area contributed by atoms with E-state index in [9.17, 15) is 4.79 Å². The number of hydrogen-bond acceptors (Lipinski definition) is 6. The molecule has 1 N–H and O–H groups in total. The van der Waals surface area contributed by atoms with Crippen molar-refractivity contribution in [1.82, 2.24) is 20.1 Å². The predicted octanol–water partition coefficient (Wildman–Crippen LogP) is 2.83. The Morgan fingerprint density at radius 2 is 2.00 bits per heavy atom. The summed E-state index contributed by atoms with van der Waals surface area (Å²) in [5.74, 6) is 0.796. The zero-order chi connectivity index (χ0) is 19.5. The van der Waals surface area contributed by atoms with E-state index in [-0.39, 0.29) is 5.91 Å². The molecule has 7 heteroatoms. The maximum atomic E-state index is 12.5. The zero-order valence-corrected chi connectivity index (χ0v) is 17.2. The van der Waals surface area contributed by atoms with Gasteiger partial charge >= 0.3 is 0 Å². The first-order chi connectivity index (χ1) is 13.6. The molecule has 0 radical (unpaired) electrons. The van der Waals surface area contributed by atoms with E-state index >= 15 is 0 Å². The molecule has 0 saturated carbocycles. The summed E-state index contributed by atoms with van der Waals surface area (Å²) in [6.45, 7) is 6.22. The lowest BCUT2D eigenvalue weighted by Crippen LogP contribution is -2.45. The molecular formula is C21H26N4O2S. The number of piperazine rings is 1. The number of amides is 1. The summed E-state index contributed by atoms with van der Waals surface area (Å²) in [5, 5.41) is 5.07. The number of aromatic nitrogens is 1. The van der Waals surface area contributed by atoms with Gasteiger partial charge in [0.1, 0.15) is 10.6 Å². The minimum atomic E-state index is -0.0111. The summed E-state index contributed by atoms with van der Waals surface area (Å²) >= 11 is 1.45. The van der Waals surface area contributed by atoms with Crippen molar-refractivity contribution in [2.45, 2.75) is 6.42 Å². The van der Waals surface area contributed by atoms with Crippen molar-refractivity contribution in [3.63, 3.8) is 0 Å². The number of thiophene rings is 1. The van der Waals surface area contributed by atoms with Gasteiger partial charge in [0.25, 0.3) is 5.91 Å². The molecule has 1 aliphatic heterocycles. The molecule has 1 fully saturated rings. The van der Waals surface area contributed by atoms with E-state index in [1.165, 1.54) is 11.3 Å². The molecule has 0 atom stereocenters. The van der Waals surface area contributed by atoms with Gasteiger partial charge in [-0.2, -0.15) is 0 Å². The van der Waals surface area contributed by atoms with E-state index < -0.39 is 0 Å². The van der Waals surface area contributed by atoms with Gasteiger partial charge < -0.3 is 19.9 Å². The molecule has 3 aromatic rings. The highest BCUT2D eigenvalue weighted by molar-refractivity contribution is 7.20. The van der Waals surface area contributed by atoms with Crippen LogP contribution >= 0.6 is 11.3 Å². The first-order valence-electron chi connectivity index (χ1n) is 9.70. The Morgan fingerprint density at radius 1 is 1.18 bits per heavy atom. The van der Waals surface area contributed by atoms with Gasteiger partial charge in [-0.15, -0.1) is 11.3 Å². The highest BCUT2D eigenvalue weighted by atomic mass is 32.1. The van der Waals surface area contributed by atoms with E-state index in [2.05, 4.69) is 28.2 Å². The number of rotatable bonds is 6. The summed E-state index contributed by atoms with van der Waals surface area (Å²) in [5.41, 5.74) is 0.911. The van der Waals surface area contributed by atoms with Gasteiger partial charge in [-0.3, -0.25) is 4.79 Å². The highest BCUT2D eigenvalue weighted by Crippen LogP contribution is 2.29. The van der Waals surface area contributed by atoms with Crippen molar-refractivity contribution in [2.24, 2.45) is 0 Å². The molecule has 1 amide bonds. The third-order valence-electron chi connectivity index (χ3n) is 5.26. The van der Waals surface area contributed by atoms with Crippen LogP contribution in [0.15, 0.2) is 30.3 Å². The quantitative estimate of drug-likeness (QED) is 0.647. The first kappa shape index (κ1) is 19.1. The average Bonchev–Trinajstić information content (AvgIpc) is 3.13. The maximum Gasteiger partial charge on any atom is 0.261 e. The third kappa shape index (κ3) is 4.27. The Balaban J connectivity index is 1.36. The van der Waals surface area contributed by atoms with Crippen LogP contribution in [0.2, 0.25) is 0 Å². The topological polar surface area (TPSA) is 57.7 Å². The Labute approximate surface area is 169 Å². The van der Waals surface area contributed by atoms with Gasteiger partial charge in [-0.1, -0.05) is 0 Å². The molecular weight excluding hydrogens is 372 g/mol. The van der Waals surface area contributed by atoms with Crippen molar-refractivity contribution in [2.75, 3.05) is 53.4 Å². The summed E-state index contributed by atoms with van der Waals surface area (Å²) in [6, 6.07) is 9.83. The number of nitrogens with zero attached hydrogens (tertiary/aromatic N) is 3. The largest absolute Gasteiger partial charge is 0.497 e. The second-order valence-electron chi connectivity index (χ2n) is 7.31. The number of benzene rings is 1. The van der Waals surface area contributed by atoms with Crippen molar-refractivity contribution in [3.8, 4) is 5.75 Å². The number of fused-ring (bicyclic) bond motifs is 2. The first-order valence-corrected chi connectivity index (χ1v) is 10.5. The molecule has 4 rings (SSSR count). The van der Waals surface area contributed by atoms with E-state index in [0.29, 0.717) is 11.4 Å². The third-order valence-corrected chi connectivity index (χ3v) is 6.31. The molecule has 3 heterocycles. The van der Waals surface area contributed by atoms with Gasteiger partial charge in [0.15, 0.2) is 0 Å². The van der Waals surface area contributed by atoms with Gasteiger partial charge in [0, 0.05) is 43.5 Å². The minimum Gasteiger partial charge on any atom is -0.497 e. The number of nitrogens with one attached hydrogen (secondary N) is 1. The second-order valence-corrected chi connectivity index (χ2v) is 8.34. The SMILES string of the molecule is COc1ccc2nc3sc(C(=O)NCCCN4CCN(C)CC4)cc3cc2c1. The summed E-state index contributed by atoms with van der Waals surface area (Å²) in [7, 11) is 3.82. The number of ether oxygens (including phenoxy) is 1. The predicted molar refractivity (Wildman–Crippen MR) is 115 cm³/mol. The summed E-state index contributed by atoms with van der Waals surface area (Å²) < 4.78 is 5.29. The lowest BCUT2D eigenvalue weighted by Gasteiger charge is -2.32. The fourth-order valence-electron chi connectivity index (χ4n) is 3.52. The van der Waals surface area contributed by atoms with Gasteiger partial charge in [0.05, 0.1) is 17.5 Å². The van der Waals surface area contributed by atoms with Crippen molar-refractivity contribution >= 4 is 38.4 Å². The van der Waals surface area contributed by atoms with Gasteiger partial charge in [0.2, 0.25) is 0 Å². The summed E-state index contributed by atoms with van der Waals surface area (Å²) in [4.78, 5) is 23.6. The van der Waals surface area contributed by atoms with Crippen LogP contribution in [0.1, 0.15) is 16.1 Å². The molecule has 0 unspecified atom stereocenters. The Kier molecular flexibility index (Phi) is 5.75. The van der Waals surface area contributed by atoms with E-state index in [0.717, 1.165) is 66.0 Å². The molecule has 1 saturated heterocycles. The number of methoxy groups -OCH3 is 1. The van der Waals surface area contributed by atoms with Crippen molar-refractivity contribution in [1.29, 1.82) is 0 Å². The van der Waals surface area contributed by atoms with Crippen LogP contribution < -0.4 is 10.1 Å². The monoisotopic (exact) mass is 398 g/mol. The van der Waals surface area contributed by atoms with Crippen LogP contribution in [0.25, 0.3) is 21.1 Å². The summed E-state index contributed by atoms with van der Waals surface area (Å²) in [6.07, 6.45) is 0.974. The van der Waals surface area contributed by atoms with Crippen molar-refractivity contribution < 1.29 is 9.53 Å². The van der Waals surface area contributed by atoms with E-state index in [1.807, 2.05) is 24.3 Å². The molecule has 0 bridgehead atoms. The lowest BCUT2D eigenvalue weighted by atomic mass is 10.2. The Bertz CT molecular complexity index is 979. The molecule has 0 spiro atoms. The van der Waals surface area contributed by atoms with Crippen LogP contribution in [-0.4, -0.2) is 74.1 Å². The van der Waals surface area contributed by atoms with Gasteiger partial charge in [-0.25, -0.2) is 4.98 Å². The number of likely N-dealkylation sites (N-methyl/N-ethyl adjacent to an activating group) is 1. The second kappa shape index (κ2) is 8.43. The fraction of sp³-hybridized carbons (Fsp3) is 0.429. The molecule has 2 aromatic heterocycles. The lowest BCUT2D eigenvalue weighted by molar-refractivity contribution is 0.0953. The Hall–Kier alpha value is -2.22. The fourth-order valence-corrected chi connectivity index (χ4v) is 4.45. The van der Waals surface area contributed by atoms with Crippen LogP contribution in [0, 0.1) is 0 Å². The molecule has 6 nitrogen and oxygen atoms in total. The molecule has 28 heavy (non-hydrogen) atoms. The highest BCUT2D eigenvalue weighted by Gasteiger charge is 2.14. The Morgan fingerprint density at radius 3 is 2.79 bits per heavy atom. The van der Waals surface area contributed by atoms with E-state index in [1.54, 1.807) is 7.11 Å². The van der Waals surface area contributed by atoms with Crippen LogP contribution in [0.5, 0.6) is 5.75 Å². The molecule has 0 aliphatic carbocycles. The molecule has 1 aromatic carbocycles. The molecule has 148 valence electrons. The number of carbonyl (C=O) groups excluding carboxylic acids is 1. The van der Waals surface area contributed by atoms with E-state index in [4.69, 9.17) is 9.72 Å². The number of pyridine rings is 1. The smallest absolute Gasteiger partial charge is 0.261 e. The normalized spacial score (nSPS) is 15.9. The van der Waals surface area contributed by atoms with Crippen molar-refractivity contribution in [3.05, 3.63) is 35.2 Å².